The number of furan rings is 1. The standard InChI is InChI=1S/C24H21NO3/c26-24-15-19(27-16-17-6-2-1-3-7-17)12-13-25(24)18-10-11-21-20-8-4-5-9-22(20)28-23(21)14-18/h1-3,6-7,10-15H,4-5,8-9,16H2. The molecule has 0 spiro atoms. The molecule has 4 nitrogen and oxygen atoms in total. The molecule has 0 amide bonds. The molecule has 4 aromatic rings. The van der Waals surface area contributed by atoms with Crippen LogP contribution >= 0.6 is 0 Å². The van der Waals surface area contributed by atoms with Gasteiger partial charge >= 0.3 is 0 Å². The Morgan fingerprint density at radius 1 is 0.964 bits per heavy atom. The fraction of sp³-hybridized carbons (Fsp3) is 0.208. The van der Waals surface area contributed by atoms with Crippen molar-refractivity contribution in [3.05, 3.63) is 94.1 Å². The van der Waals surface area contributed by atoms with Gasteiger partial charge in [0.05, 0.1) is 5.69 Å². The van der Waals surface area contributed by atoms with Crippen LogP contribution < -0.4 is 10.3 Å². The van der Waals surface area contributed by atoms with E-state index in [-0.39, 0.29) is 5.56 Å². The van der Waals surface area contributed by atoms with E-state index in [1.807, 2.05) is 48.5 Å². The van der Waals surface area contributed by atoms with Crippen LogP contribution in [0.2, 0.25) is 0 Å². The van der Waals surface area contributed by atoms with Crippen molar-refractivity contribution in [2.75, 3.05) is 0 Å². The lowest BCUT2D eigenvalue weighted by atomic mass is 9.96. The predicted molar refractivity (Wildman–Crippen MR) is 109 cm³/mol. The molecule has 140 valence electrons. The second-order valence-corrected chi connectivity index (χ2v) is 7.24. The average Bonchev–Trinajstić information content (AvgIpc) is 3.11. The van der Waals surface area contributed by atoms with Gasteiger partial charge in [-0.05, 0) is 43.0 Å². The van der Waals surface area contributed by atoms with E-state index in [0.717, 1.165) is 35.4 Å². The molecule has 5 rings (SSSR count). The Hall–Kier alpha value is -3.27. The topological polar surface area (TPSA) is 44.4 Å². The zero-order valence-electron chi connectivity index (χ0n) is 15.6. The molecule has 0 N–H and O–H groups in total. The van der Waals surface area contributed by atoms with Crippen LogP contribution in [0.25, 0.3) is 16.7 Å². The highest BCUT2D eigenvalue weighted by atomic mass is 16.5. The maximum atomic E-state index is 12.6. The first-order valence-corrected chi connectivity index (χ1v) is 9.72. The summed E-state index contributed by atoms with van der Waals surface area (Å²) < 4.78 is 13.4. The molecule has 0 saturated carbocycles. The van der Waals surface area contributed by atoms with Gasteiger partial charge in [0.2, 0.25) is 0 Å². The molecule has 0 aliphatic heterocycles. The molecule has 0 saturated heterocycles. The molecule has 0 atom stereocenters. The number of pyridine rings is 1. The first kappa shape index (κ1) is 16.9. The second kappa shape index (κ2) is 7.04. The minimum Gasteiger partial charge on any atom is -0.489 e. The number of benzene rings is 2. The van der Waals surface area contributed by atoms with Crippen LogP contribution in [0.15, 0.2) is 76.1 Å². The number of hydrogen-bond acceptors (Lipinski definition) is 3. The van der Waals surface area contributed by atoms with Gasteiger partial charge < -0.3 is 9.15 Å². The Labute approximate surface area is 163 Å². The monoisotopic (exact) mass is 371 g/mol. The van der Waals surface area contributed by atoms with Crippen LogP contribution in [0.3, 0.4) is 0 Å². The maximum absolute atomic E-state index is 12.6. The molecule has 0 fully saturated rings. The van der Waals surface area contributed by atoms with Gasteiger partial charge in [-0.2, -0.15) is 0 Å². The first-order valence-electron chi connectivity index (χ1n) is 9.72. The van der Waals surface area contributed by atoms with Crippen molar-refractivity contribution in [3.8, 4) is 11.4 Å². The normalized spacial score (nSPS) is 13.4. The average molecular weight is 371 g/mol. The summed E-state index contributed by atoms with van der Waals surface area (Å²) >= 11 is 0. The minimum absolute atomic E-state index is 0.124. The van der Waals surface area contributed by atoms with Crippen LogP contribution in [0.5, 0.6) is 5.75 Å². The van der Waals surface area contributed by atoms with Gasteiger partial charge in [0, 0.05) is 35.7 Å². The van der Waals surface area contributed by atoms with E-state index in [9.17, 15) is 4.79 Å². The van der Waals surface area contributed by atoms with Gasteiger partial charge in [-0.1, -0.05) is 30.3 Å². The Bertz CT molecular complexity index is 1190. The van der Waals surface area contributed by atoms with Crippen LogP contribution in [0.1, 0.15) is 29.7 Å². The van der Waals surface area contributed by atoms with Crippen molar-refractivity contribution in [2.45, 2.75) is 32.3 Å². The lowest BCUT2D eigenvalue weighted by Crippen LogP contribution is -2.16. The number of fused-ring (bicyclic) bond motifs is 3. The molecule has 0 bridgehead atoms. The summed E-state index contributed by atoms with van der Waals surface area (Å²) in [7, 11) is 0. The van der Waals surface area contributed by atoms with Crippen molar-refractivity contribution in [1.82, 2.24) is 4.57 Å². The first-order chi connectivity index (χ1) is 13.8. The lowest BCUT2D eigenvalue weighted by Gasteiger charge is -2.09. The predicted octanol–water partition coefficient (Wildman–Crippen LogP) is 5.04. The van der Waals surface area contributed by atoms with E-state index >= 15 is 0 Å². The number of aromatic nitrogens is 1. The summed E-state index contributed by atoms with van der Waals surface area (Å²) in [6.45, 7) is 0.439. The van der Waals surface area contributed by atoms with E-state index in [1.54, 1.807) is 10.8 Å². The number of rotatable bonds is 4. The van der Waals surface area contributed by atoms with Crippen molar-refractivity contribution in [3.63, 3.8) is 0 Å². The van der Waals surface area contributed by atoms with Crippen molar-refractivity contribution in [2.24, 2.45) is 0 Å². The molecular weight excluding hydrogens is 350 g/mol. The number of aryl methyl sites for hydroxylation is 2. The summed E-state index contributed by atoms with van der Waals surface area (Å²) in [6.07, 6.45) is 6.24. The number of hydrogen-bond donors (Lipinski definition) is 0. The molecule has 2 heterocycles. The maximum Gasteiger partial charge on any atom is 0.258 e. The smallest absolute Gasteiger partial charge is 0.258 e. The van der Waals surface area contributed by atoms with Crippen LogP contribution in [-0.2, 0) is 19.4 Å². The Morgan fingerprint density at radius 2 is 1.82 bits per heavy atom. The molecule has 1 aliphatic carbocycles. The van der Waals surface area contributed by atoms with Crippen LogP contribution in [0.4, 0.5) is 0 Å². The molecule has 2 aromatic heterocycles. The Balaban J connectivity index is 1.42. The molecule has 0 radical (unpaired) electrons. The Morgan fingerprint density at radius 3 is 2.68 bits per heavy atom. The SMILES string of the molecule is O=c1cc(OCc2ccccc2)ccn1-c1ccc2c3c(oc2c1)CCCC3. The lowest BCUT2D eigenvalue weighted by molar-refractivity contribution is 0.305. The quantitative estimate of drug-likeness (QED) is 0.505. The van der Waals surface area contributed by atoms with Crippen molar-refractivity contribution < 1.29 is 9.15 Å². The molecule has 1 aliphatic rings. The van der Waals surface area contributed by atoms with E-state index < -0.39 is 0 Å². The highest BCUT2D eigenvalue weighted by Gasteiger charge is 2.18. The van der Waals surface area contributed by atoms with Crippen molar-refractivity contribution >= 4 is 11.0 Å². The summed E-state index contributed by atoms with van der Waals surface area (Å²) in [5.41, 5.74) is 3.95. The third kappa shape index (κ3) is 3.11. The minimum atomic E-state index is -0.124. The molecular formula is C24H21NO3. The number of ether oxygens (including phenoxy) is 1. The zero-order valence-corrected chi connectivity index (χ0v) is 15.6. The zero-order chi connectivity index (χ0) is 18.9. The van der Waals surface area contributed by atoms with Gasteiger partial charge in [0.25, 0.3) is 5.56 Å². The van der Waals surface area contributed by atoms with E-state index in [4.69, 9.17) is 9.15 Å². The summed E-state index contributed by atoms with van der Waals surface area (Å²) in [5, 5.41) is 1.18. The van der Waals surface area contributed by atoms with Crippen LogP contribution in [0, 0.1) is 0 Å². The van der Waals surface area contributed by atoms with Crippen molar-refractivity contribution in [1.29, 1.82) is 0 Å². The summed E-state index contributed by atoms with van der Waals surface area (Å²) in [5.74, 6) is 1.68. The van der Waals surface area contributed by atoms with Gasteiger partial charge in [0.15, 0.2) is 0 Å². The molecule has 2 aromatic carbocycles. The van der Waals surface area contributed by atoms with E-state index in [2.05, 4.69) is 6.07 Å². The number of nitrogens with zero attached hydrogens (tertiary/aromatic N) is 1. The fourth-order valence-corrected chi connectivity index (χ4v) is 3.91. The van der Waals surface area contributed by atoms with Crippen LogP contribution in [-0.4, -0.2) is 4.57 Å². The third-order valence-corrected chi connectivity index (χ3v) is 5.36. The van der Waals surface area contributed by atoms with E-state index in [1.165, 1.54) is 29.9 Å². The molecule has 0 unspecified atom stereocenters. The second-order valence-electron chi connectivity index (χ2n) is 7.24. The van der Waals surface area contributed by atoms with Gasteiger partial charge in [0.1, 0.15) is 23.7 Å². The third-order valence-electron chi connectivity index (χ3n) is 5.36. The summed E-state index contributed by atoms with van der Waals surface area (Å²) in [6, 6.07) is 19.3. The molecule has 28 heavy (non-hydrogen) atoms. The fourth-order valence-electron chi connectivity index (χ4n) is 3.91. The van der Waals surface area contributed by atoms with Gasteiger partial charge in [-0.25, -0.2) is 0 Å². The summed E-state index contributed by atoms with van der Waals surface area (Å²) in [4.78, 5) is 12.6. The highest BCUT2D eigenvalue weighted by molar-refractivity contribution is 5.84. The Kier molecular flexibility index (Phi) is 4.24. The van der Waals surface area contributed by atoms with Gasteiger partial charge in [-0.3, -0.25) is 9.36 Å². The van der Waals surface area contributed by atoms with Gasteiger partial charge in [-0.15, -0.1) is 0 Å². The largest absolute Gasteiger partial charge is 0.489 e. The molecule has 4 heteroatoms. The van der Waals surface area contributed by atoms with E-state index in [0.29, 0.717) is 12.4 Å². The highest BCUT2D eigenvalue weighted by Crippen LogP contribution is 2.32.